The number of likely N-dealkylation sites (tertiary alicyclic amines) is 1. The zero-order valence-corrected chi connectivity index (χ0v) is 15.2. The van der Waals surface area contributed by atoms with Crippen LogP contribution in [-0.2, 0) is 4.79 Å². The molecule has 3 amide bonds. The van der Waals surface area contributed by atoms with E-state index in [0.29, 0.717) is 19.0 Å². The van der Waals surface area contributed by atoms with Crippen LogP contribution in [0, 0.1) is 25.7 Å². The Balaban J connectivity index is 1.89. The van der Waals surface area contributed by atoms with E-state index in [9.17, 15) is 9.59 Å². The van der Waals surface area contributed by atoms with Crippen LogP contribution in [-0.4, -0.2) is 36.5 Å². The Morgan fingerprint density at radius 3 is 2.71 bits per heavy atom. The molecule has 24 heavy (non-hydrogen) atoms. The Bertz CT molecular complexity index is 598. The minimum Gasteiger partial charge on any atom is -0.356 e. The minimum absolute atomic E-state index is 0.00231. The summed E-state index contributed by atoms with van der Waals surface area (Å²) in [5, 5.41) is 5.99. The SMILES string of the molecule is Cc1ccc(NC(=O)N2CCCC(CNC(=O)C(C)C)C2)c(C)c1. The Kier molecular flexibility index (Phi) is 6.23. The fourth-order valence-corrected chi connectivity index (χ4v) is 3.01. The van der Waals surface area contributed by atoms with Crippen LogP contribution in [0.2, 0.25) is 0 Å². The largest absolute Gasteiger partial charge is 0.356 e. The quantitative estimate of drug-likeness (QED) is 0.889. The smallest absolute Gasteiger partial charge is 0.321 e. The topological polar surface area (TPSA) is 61.4 Å². The molecule has 1 aromatic carbocycles. The number of piperidine rings is 1. The highest BCUT2D eigenvalue weighted by molar-refractivity contribution is 5.90. The van der Waals surface area contributed by atoms with Gasteiger partial charge in [0.05, 0.1) is 0 Å². The van der Waals surface area contributed by atoms with E-state index in [1.54, 1.807) is 0 Å². The number of anilines is 1. The summed E-state index contributed by atoms with van der Waals surface area (Å²) in [6.45, 7) is 9.92. The molecule has 1 unspecified atom stereocenters. The number of hydrogen-bond acceptors (Lipinski definition) is 2. The first-order valence-electron chi connectivity index (χ1n) is 8.77. The number of urea groups is 1. The van der Waals surface area contributed by atoms with Crippen LogP contribution >= 0.6 is 0 Å². The van der Waals surface area contributed by atoms with Gasteiger partial charge in [-0.15, -0.1) is 0 Å². The number of benzene rings is 1. The molecule has 1 fully saturated rings. The summed E-state index contributed by atoms with van der Waals surface area (Å²) in [4.78, 5) is 26.1. The third-order valence-corrected chi connectivity index (χ3v) is 4.52. The van der Waals surface area contributed by atoms with Gasteiger partial charge in [0.15, 0.2) is 0 Å². The van der Waals surface area contributed by atoms with E-state index in [0.717, 1.165) is 30.6 Å². The normalized spacial score (nSPS) is 17.7. The molecule has 1 aliphatic rings. The first-order chi connectivity index (χ1) is 11.4. The first kappa shape index (κ1) is 18.3. The van der Waals surface area contributed by atoms with Crippen molar-refractivity contribution in [2.75, 3.05) is 25.0 Å². The highest BCUT2D eigenvalue weighted by Crippen LogP contribution is 2.20. The van der Waals surface area contributed by atoms with Crippen molar-refractivity contribution in [3.63, 3.8) is 0 Å². The van der Waals surface area contributed by atoms with E-state index in [2.05, 4.69) is 16.7 Å². The monoisotopic (exact) mass is 331 g/mol. The van der Waals surface area contributed by atoms with E-state index in [1.165, 1.54) is 5.56 Å². The molecule has 2 rings (SSSR count). The van der Waals surface area contributed by atoms with Crippen LogP contribution in [0.25, 0.3) is 0 Å². The molecule has 0 bridgehead atoms. The average molecular weight is 331 g/mol. The van der Waals surface area contributed by atoms with Crippen LogP contribution in [0.4, 0.5) is 10.5 Å². The van der Waals surface area contributed by atoms with Gasteiger partial charge in [0.25, 0.3) is 0 Å². The number of carbonyl (C=O) groups excluding carboxylic acids is 2. The van der Waals surface area contributed by atoms with Crippen molar-refractivity contribution in [1.82, 2.24) is 10.2 Å². The van der Waals surface area contributed by atoms with Crippen LogP contribution in [0.5, 0.6) is 0 Å². The van der Waals surface area contributed by atoms with Crippen LogP contribution in [0.3, 0.4) is 0 Å². The Labute approximate surface area is 144 Å². The Morgan fingerprint density at radius 2 is 2.04 bits per heavy atom. The van der Waals surface area contributed by atoms with Crippen molar-refractivity contribution in [2.24, 2.45) is 11.8 Å². The standard InChI is InChI=1S/C19H29N3O2/c1-13(2)18(23)20-11-16-6-5-9-22(12-16)19(24)21-17-8-7-14(3)10-15(17)4/h7-8,10,13,16H,5-6,9,11-12H2,1-4H3,(H,20,23)(H,21,24). The highest BCUT2D eigenvalue weighted by atomic mass is 16.2. The molecular formula is C19H29N3O2. The molecule has 1 aromatic rings. The molecule has 132 valence electrons. The predicted octanol–water partition coefficient (Wildman–Crippen LogP) is 3.32. The molecular weight excluding hydrogens is 302 g/mol. The molecule has 0 radical (unpaired) electrons. The second-order valence-corrected chi connectivity index (χ2v) is 7.10. The second kappa shape index (κ2) is 8.18. The summed E-state index contributed by atoms with van der Waals surface area (Å²) in [7, 11) is 0. The van der Waals surface area contributed by atoms with E-state index >= 15 is 0 Å². The zero-order valence-electron chi connectivity index (χ0n) is 15.2. The summed E-state index contributed by atoms with van der Waals surface area (Å²) < 4.78 is 0. The van der Waals surface area contributed by atoms with Gasteiger partial charge in [0, 0.05) is 31.2 Å². The molecule has 0 spiro atoms. The van der Waals surface area contributed by atoms with Crippen molar-refractivity contribution in [3.8, 4) is 0 Å². The Hall–Kier alpha value is -2.04. The van der Waals surface area contributed by atoms with Crippen molar-refractivity contribution < 1.29 is 9.59 Å². The van der Waals surface area contributed by atoms with Crippen LogP contribution < -0.4 is 10.6 Å². The number of nitrogens with zero attached hydrogens (tertiary/aromatic N) is 1. The summed E-state index contributed by atoms with van der Waals surface area (Å²) in [5.41, 5.74) is 3.12. The maximum absolute atomic E-state index is 12.5. The van der Waals surface area contributed by atoms with Crippen LogP contribution in [0.15, 0.2) is 18.2 Å². The summed E-state index contributed by atoms with van der Waals surface area (Å²) in [6.07, 6.45) is 2.02. The van der Waals surface area contributed by atoms with E-state index in [4.69, 9.17) is 0 Å². The molecule has 2 N–H and O–H groups in total. The number of hydrogen-bond donors (Lipinski definition) is 2. The highest BCUT2D eigenvalue weighted by Gasteiger charge is 2.24. The maximum Gasteiger partial charge on any atom is 0.321 e. The third kappa shape index (κ3) is 4.98. The van der Waals surface area contributed by atoms with E-state index < -0.39 is 0 Å². The minimum atomic E-state index is -0.0539. The predicted molar refractivity (Wildman–Crippen MR) is 97.1 cm³/mol. The van der Waals surface area contributed by atoms with Gasteiger partial charge in [-0.2, -0.15) is 0 Å². The third-order valence-electron chi connectivity index (χ3n) is 4.52. The lowest BCUT2D eigenvalue weighted by atomic mass is 9.98. The molecule has 1 saturated heterocycles. The van der Waals surface area contributed by atoms with Crippen molar-refractivity contribution >= 4 is 17.6 Å². The zero-order chi connectivity index (χ0) is 17.7. The fraction of sp³-hybridized carbons (Fsp3) is 0.579. The fourth-order valence-electron chi connectivity index (χ4n) is 3.01. The molecule has 5 nitrogen and oxygen atoms in total. The number of aryl methyl sites for hydroxylation is 2. The molecule has 1 aliphatic heterocycles. The van der Waals surface area contributed by atoms with Gasteiger partial charge in [-0.3, -0.25) is 4.79 Å². The molecule has 0 saturated carbocycles. The average Bonchev–Trinajstić information content (AvgIpc) is 2.55. The lowest BCUT2D eigenvalue weighted by molar-refractivity contribution is -0.124. The summed E-state index contributed by atoms with van der Waals surface area (Å²) in [6, 6.07) is 5.97. The lowest BCUT2D eigenvalue weighted by Gasteiger charge is -2.33. The number of amides is 3. The van der Waals surface area contributed by atoms with Gasteiger partial charge in [0.2, 0.25) is 5.91 Å². The van der Waals surface area contributed by atoms with E-state index in [1.807, 2.05) is 44.7 Å². The Morgan fingerprint density at radius 1 is 1.29 bits per heavy atom. The summed E-state index contributed by atoms with van der Waals surface area (Å²) in [5.74, 6) is 0.399. The molecule has 0 aliphatic carbocycles. The number of nitrogens with one attached hydrogen (secondary N) is 2. The van der Waals surface area contributed by atoms with Gasteiger partial charge in [-0.25, -0.2) is 4.79 Å². The maximum atomic E-state index is 12.5. The first-order valence-corrected chi connectivity index (χ1v) is 8.77. The number of carbonyl (C=O) groups is 2. The van der Waals surface area contributed by atoms with Crippen molar-refractivity contribution in [1.29, 1.82) is 0 Å². The van der Waals surface area contributed by atoms with E-state index in [-0.39, 0.29) is 17.9 Å². The van der Waals surface area contributed by atoms with Gasteiger partial charge in [-0.05, 0) is 44.2 Å². The molecule has 0 aromatic heterocycles. The molecule has 5 heteroatoms. The molecule has 1 heterocycles. The van der Waals surface area contributed by atoms with Gasteiger partial charge in [0.1, 0.15) is 0 Å². The molecule has 1 atom stereocenters. The van der Waals surface area contributed by atoms with Gasteiger partial charge >= 0.3 is 6.03 Å². The van der Waals surface area contributed by atoms with Gasteiger partial charge in [-0.1, -0.05) is 31.5 Å². The van der Waals surface area contributed by atoms with Gasteiger partial charge < -0.3 is 15.5 Å². The second-order valence-electron chi connectivity index (χ2n) is 7.10. The lowest BCUT2D eigenvalue weighted by Crippen LogP contribution is -2.45. The summed E-state index contributed by atoms with van der Waals surface area (Å²) >= 11 is 0. The van der Waals surface area contributed by atoms with Crippen LogP contribution in [0.1, 0.15) is 37.8 Å². The number of rotatable bonds is 4. The van der Waals surface area contributed by atoms with Crippen molar-refractivity contribution in [3.05, 3.63) is 29.3 Å². The van der Waals surface area contributed by atoms with Crippen molar-refractivity contribution in [2.45, 2.75) is 40.5 Å².